The second-order valence-electron chi connectivity index (χ2n) is 2.16. The molecule has 0 fully saturated rings. The molecule has 0 aliphatic rings. The van der Waals surface area contributed by atoms with Crippen LogP contribution in [0.5, 0.6) is 0 Å². The van der Waals surface area contributed by atoms with Crippen LogP contribution in [0, 0.1) is 0 Å². The lowest BCUT2D eigenvalue weighted by Gasteiger charge is -1.98. The van der Waals surface area contributed by atoms with Crippen LogP contribution in [0.2, 0.25) is 0 Å². The quantitative estimate of drug-likeness (QED) is 0.437. The zero-order valence-electron chi connectivity index (χ0n) is 5.94. The van der Waals surface area contributed by atoms with Gasteiger partial charge in [-0.1, -0.05) is 6.07 Å². The van der Waals surface area contributed by atoms with Crippen molar-refractivity contribution in [2.45, 2.75) is 6.54 Å². The lowest BCUT2D eigenvalue weighted by Crippen LogP contribution is -2.30. The first kappa shape index (κ1) is 8.19. The van der Waals surface area contributed by atoms with E-state index >= 15 is 0 Å². The van der Waals surface area contributed by atoms with Crippen molar-refractivity contribution in [1.82, 2.24) is 4.98 Å². The molecular weight excluding hydrogens is 143 g/mol. The van der Waals surface area contributed by atoms with Gasteiger partial charge in [0.05, 0.1) is 5.69 Å². The molecule has 1 rings (SSSR count). The summed E-state index contributed by atoms with van der Waals surface area (Å²) in [5.74, 6) is 0. The van der Waals surface area contributed by atoms with Gasteiger partial charge in [-0.2, -0.15) is 0 Å². The van der Waals surface area contributed by atoms with E-state index < -0.39 is 7.12 Å². The minimum Gasteiger partial charge on any atom is -0.423 e. The van der Waals surface area contributed by atoms with E-state index in [0.717, 1.165) is 5.69 Å². The van der Waals surface area contributed by atoms with E-state index in [9.17, 15) is 0 Å². The zero-order valence-corrected chi connectivity index (χ0v) is 5.94. The molecule has 58 valence electrons. The van der Waals surface area contributed by atoms with Gasteiger partial charge in [-0.25, -0.2) is 0 Å². The summed E-state index contributed by atoms with van der Waals surface area (Å²) >= 11 is 0. The summed E-state index contributed by atoms with van der Waals surface area (Å²) in [6.07, 6.45) is 1.40. The Bertz CT molecular complexity index is 225. The Morgan fingerprint density at radius 2 is 2.18 bits per heavy atom. The standard InChI is InChI=1S/C6H9BN2O2/c8-3-6-2-1-5(4-9-6)7(10)11/h1-2,4,10-11H,3,8H2. The van der Waals surface area contributed by atoms with Crippen molar-refractivity contribution in [3.63, 3.8) is 0 Å². The van der Waals surface area contributed by atoms with Crippen LogP contribution in [-0.2, 0) is 6.54 Å². The fraction of sp³-hybridized carbons (Fsp3) is 0.167. The Labute approximate surface area is 64.8 Å². The Morgan fingerprint density at radius 3 is 2.55 bits per heavy atom. The van der Waals surface area contributed by atoms with Crippen LogP contribution < -0.4 is 11.2 Å². The molecule has 0 atom stereocenters. The van der Waals surface area contributed by atoms with Gasteiger partial charge in [0, 0.05) is 18.2 Å². The third kappa shape index (κ3) is 2.01. The maximum absolute atomic E-state index is 8.67. The van der Waals surface area contributed by atoms with E-state index in [2.05, 4.69) is 4.98 Å². The SMILES string of the molecule is NCc1ccc(B(O)O)cn1. The topological polar surface area (TPSA) is 79.4 Å². The summed E-state index contributed by atoms with van der Waals surface area (Å²) in [4.78, 5) is 3.87. The van der Waals surface area contributed by atoms with Crippen molar-refractivity contribution < 1.29 is 10.0 Å². The molecule has 0 radical (unpaired) electrons. The van der Waals surface area contributed by atoms with Crippen molar-refractivity contribution in [2.75, 3.05) is 0 Å². The van der Waals surface area contributed by atoms with Crippen LogP contribution in [0.3, 0.4) is 0 Å². The number of nitrogens with two attached hydrogens (primary N) is 1. The van der Waals surface area contributed by atoms with Gasteiger partial charge in [-0.05, 0) is 6.07 Å². The van der Waals surface area contributed by atoms with E-state index in [1.807, 2.05) is 0 Å². The number of aromatic nitrogens is 1. The monoisotopic (exact) mass is 152 g/mol. The Morgan fingerprint density at radius 1 is 1.45 bits per heavy atom. The van der Waals surface area contributed by atoms with E-state index in [1.54, 1.807) is 12.1 Å². The summed E-state index contributed by atoms with van der Waals surface area (Å²) in [5, 5.41) is 17.3. The summed E-state index contributed by atoms with van der Waals surface area (Å²) in [6.45, 7) is 0.363. The predicted octanol–water partition coefficient (Wildman–Crippen LogP) is -1.78. The van der Waals surface area contributed by atoms with Crippen molar-refractivity contribution in [2.24, 2.45) is 5.73 Å². The molecule has 0 aliphatic carbocycles. The lowest BCUT2D eigenvalue weighted by molar-refractivity contribution is 0.425. The minimum atomic E-state index is -1.45. The van der Waals surface area contributed by atoms with E-state index in [-0.39, 0.29) is 0 Å². The summed E-state index contributed by atoms with van der Waals surface area (Å²) in [6, 6.07) is 3.24. The largest absolute Gasteiger partial charge is 0.490 e. The van der Waals surface area contributed by atoms with Crippen molar-refractivity contribution in [3.05, 3.63) is 24.0 Å². The number of nitrogens with zero attached hydrogens (tertiary/aromatic N) is 1. The molecule has 5 heteroatoms. The molecule has 11 heavy (non-hydrogen) atoms. The smallest absolute Gasteiger partial charge is 0.423 e. The van der Waals surface area contributed by atoms with Gasteiger partial charge in [0.2, 0.25) is 0 Å². The predicted molar refractivity (Wildman–Crippen MR) is 42.0 cm³/mol. The van der Waals surface area contributed by atoms with E-state index in [0.29, 0.717) is 12.0 Å². The molecule has 4 N–H and O–H groups in total. The third-order valence-corrected chi connectivity index (χ3v) is 1.35. The van der Waals surface area contributed by atoms with Gasteiger partial charge >= 0.3 is 7.12 Å². The highest BCUT2D eigenvalue weighted by Gasteiger charge is 2.09. The lowest BCUT2D eigenvalue weighted by atomic mass is 9.82. The Kier molecular flexibility index (Phi) is 2.59. The highest BCUT2D eigenvalue weighted by molar-refractivity contribution is 6.58. The average molecular weight is 152 g/mol. The molecule has 0 spiro atoms. The van der Waals surface area contributed by atoms with Crippen molar-refractivity contribution in [3.8, 4) is 0 Å². The molecule has 0 amide bonds. The average Bonchev–Trinajstić information content (AvgIpc) is 2.05. The van der Waals surface area contributed by atoms with Gasteiger partial charge in [-0.3, -0.25) is 4.98 Å². The Balaban J connectivity index is 2.83. The maximum atomic E-state index is 8.67. The van der Waals surface area contributed by atoms with Crippen LogP contribution in [0.25, 0.3) is 0 Å². The molecular formula is C6H9BN2O2. The molecule has 1 heterocycles. The zero-order chi connectivity index (χ0) is 8.27. The van der Waals surface area contributed by atoms with E-state index in [4.69, 9.17) is 15.8 Å². The molecule has 1 aromatic rings. The van der Waals surface area contributed by atoms with Crippen LogP contribution in [0.1, 0.15) is 5.69 Å². The van der Waals surface area contributed by atoms with Gasteiger partial charge in [0.25, 0.3) is 0 Å². The summed E-state index contributed by atoms with van der Waals surface area (Å²) < 4.78 is 0. The van der Waals surface area contributed by atoms with Crippen LogP contribution >= 0.6 is 0 Å². The van der Waals surface area contributed by atoms with Crippen LogP contribution in [0.4, 0.5) is 0 Å². The molecule has 1 aromatic heterocycles. The van der Waals surface area contributed by atoms with Gasteiger partial charge in [0.1, 0.15) is 0 Å². The normalized spacial score (nSPS) is 9.73. The van der Waals surface area contributed by atoms with Crippen molar-refractivity contribution >= 4 is 12.6 Å². The maximum Gasteiger partial charge on any atom is 0.490 e. The first-order valence-corrected chi connectivity index (χ1v) is 3.25. The fourth-order valence-electron chi connectivity index (χ4n) is 0.709. The first-order valence-electron chi connectivity index (χ1n) is 3.25. The number of hydrogen-bond acceptors (Lipinski definition) is 4. The number of rotatable bonds is 2. The number of pyridine rings is 1. The third-order valence-electron chi connectivity index (χ3n) is 1.35. The van der Waals surface area contributed by atoms with Gasteiger partial charge in [-0.15, -0.1) is 0 Å². The molecule has 0 aromatic carbocycles. The second kappa shape index (κ2) is 3.48. The highest BCUT2D eigenvalue weighted by Crippen LogP contribution is 1.88. The first-order chi connectivity index (χ1) is 5.24. The summed E-state index contributed by atoms with van der Waals surface area (Å²) in [5.41, 5.74) is 6.40. The van der Waals surface area contributed by atoms with Gasteiger partial charge < -0.3 is 15.8 Å². The highest BCUT2D eigenvalue weighted by atomic mass is 16.4. The van der Waals surface area contributed by atoms with Crippen LogP contribution in [-0.4, -0.2) is 22.2 Å². The second-order valence-corrected chi connectivity index (χ2v) is 2.16. The molecule has 0 aliphatic heterocycles. The molecule has 0 saturated carbocycles. The fourth-order valence-corrected chi connectivity index (χ4v) is 0.709. The van der Waals surface area contributed by atoms with Gasteiger partial charge in [0.15, 0.2) is 0 Å². The Hall–Kier alpha value is -0.905. The van der Waals surface area contributed by atoms with Crippen molar-refractivity contribution in [1.29, 1.82) is 0 Å². The molecule has 0 bridgehead atoms. The summed E-state index contributed by atoms with van der Waals surface area (Å²) in [7, 11) is -1.45. The minimum absolute atomic E-state index is 0.363. The molecule has 4 nitrogen and oxygen atoms in total. The molecule has 0 saturated heterocycles. The van der Waals surface area contributed by atoms with E-state index in [1.165, 1.54) is 6.20 Å². The van der Waals surface area contributed by atoms with Crippen LogP contribution in [0.15, 0.2) is 18.3 Å². The number of hydrogen-bond donors (Lipinski definition) is 3. The molecule has 0 unspecified atom stereocenters.